The summed E-state index contributed by atoms with van der Waals surface area (Å²) in [5.74, 6) is -0.441. The number of nitrogens with two attached hydrogens (primary N) is 1. The fraction of sp³-hybridized carbons (Fsp3) is 0.300. The smallest absolute Gasteiger partial charge is 0.325 e. The van der Waals surface area contributed by atoms with E-state index in [9.17, 15) is 4.79 Å². The lowest BCUT2D eigenvalue weighted by atomic mass is 10.1. The highest BCUT2D eigenvalue weighted by Crippen LogP contribution is 2.29. The van der Waals surface area contributed by atoms with Crippen LogP contribution >= 0.6 is 15.9 Å². The van der Waals surface area contributed by atoms with Crippen LogP contribution in [0.5, 0.6) is 5.75 Å². The van der Waals surface area contributed by atoms with Gasteiger partial charge in [-0.1, -0.05) is 15.9 Å². The van der Waals surface area contributed by atoms with Gasteiger partial charge < -0.3 is 15.6 Å². The van der Waals surface area contributed by atoms with Crippen molar-refractivity contribution < 1.29 is 14.6 Å². The molecule has 0 radical (unpaired) electrons. The molecule has 1 atom stereocenters. The molecule has 4 nitrogen and oxygen atoms in total. The summed E-state index contributed by atoms with van der Waals surface area (Å²) in [6.07, 6.45) is 0. The number of carboxylic acids is 1. The van der Waals surface area contributed by atoms with E-state index in [1.165, 1.54) is 7.11 Å². The van der Waals surface area contributed by atoms with Crippen molar-refractivity contribution in [1.29, 1.82) is 0 Å². The Morgan fingerprint density at radius 1 is 1.60 bits per heavy atom. The average Bonchev–Trinajstić information content (AvgIpc) is 2.20. The van der Waals surface area contributed by atoms with Gasteiger partial charge in [0.05, 0.1) is 7.11 Å². The zero-order chi connectivity index (χ0) is 11.6. The number of carbonyl (C=O) groups is 1. The first kappa shape index (κ1) is 12.0. The summed E-state index contributed by atoms with van der Waals surface area (Å²) in [5.41, 5.74) is 6.93. The minimum atomic E-state index is -1.06. The molecule has 0 aliphatic carbocycles. The average molecular weight is 274 g/mol. The molecule has 1 aromatic rings. The molecule has 0 saturated carbocycles. The Morgan fingerprint density at radius 2 is 2.20 bits per heavy atom. The molecule has 0 saturated heterocycles. The molecule has 0 spiro atoms. The van der Waals surface area contributed by atoms with Gasteiger partial charge in [-0.3, -0.25) is 4.79 Å². The van der Waals surface area contributed by atoms with Crippen molar-refractivity contribution in [3.8, 4) is 5.75 Å². The van der Waals surface area contributed by atoms with E-state index in [0.29, 0.717) is 11.3 Å². The van der Waals surface area contributed by atoms with Gasteiger partial charge in [-0.2, -0.15) is 0 Å². The van der Waals surface area contributed by atoms with Crippen molar-refractivity contribution in [2.45, 2.75) is 13.0 Å². The standard InChI is InChI=1S/C10H12BrNO3/c1-5-7(11)3-6(4-8(5)15-2)9(12)10(13)14/h3-4,9H,12H2,1-2H3,(H,13,14). The maximum Gasteiger partial charge on any atom is 0.325 e. The highest BCUT2D eigenvalue weighted by atomic mass is 79.9. The van der Waals surface area contributed by atoms with E-state index in [4.69, 9.17) is 15.6 Å². The largest absolute Gasteiger partial charge is 0.496 e. The molecular formula is C10H12BrNO3. The molecule has 0 aromatic heterocycles. The van der Waals surface area contributed by atoms with Gasteiger partial charge in [-0.25, -0.2) is 0 Å². The number of benzene rings is 1. The van der Waals surface area contributed by atoms with Gasteiger partial charge >= 0.3 is 5.97 Å². The predicted molar refractivity (Wildman–Crippen MR) is 60.0 cm³/mol. The lowest BCUT2D eigenvalue weighted by Gasteiger charge is -2.12. The summed E-state index contributed by atoms with van der Waals surface area (Å²) in [6.45, 7) is 1.87. The van der Waals surface area contributed by atoms with Crippen molar-refractivity contribution >= 4 is 21.9 Å². The van der Waals surface area contributed by atoms with Crippen LogP contribution in [0.2, 0.25) is 0 Å². The normalized spacial score (nSPS) is 12.3. The number of rotatable bonds is 3. The Morgan fingerprint density at radius 3 is 2.67 bits per heavy atom. The van der Waals surface area contributed by atoms with Crippen LogP contribution in [0.15, 0.2) is 16.6 Å². The van der Waals surface area contributed by atoms with E-state index in [0.717, 1.165) is 10.0 Å². The molecule has 3 N–H and O–H groups in total. The highest BCUT2D eigenvalue weighted by Gasteiger charge is 2.17. The molecule has 0 aliphatic rings. The van der Waals surface area contributed by atoms with E-state index in [1.807, 2.05) is 6.92 Å². The van der Waals surface area contributed by atoms with Crippen LogP contribution in [0.25, 0.3) is 0 Å². The number of carboxylic acid groups (broad SMARTS) is 1. The number of hydrogen-bond acceptors (Lipinski definition) is 3. The van der Waals surface area contributed by atoms with Gasteiger partial charge in [-0.15, -0.1) is 0 Å². The van der Waals surface area contributed by atoms with Crippen LogP contribution in [0, 0.1) is 6.92 Å². The molecule has 1 unspecified atom stereocenters. The van der Waals surface area contributed by atoms with E-state index in [2.05, 4.69) is 15.9 Å². The van der Waals surface area contributed by atoms with Crippen molar-refractivity contribution in [3.63, 3.8) is 0 Å². The van der Waals surface area contributed by atoms with Crippen LogP contribution in [0.1, 0.15) is 17.2 Å². The maximum absolute atomic E-state index is 10.7. The Hall–Kier alpha value is -1.07. The van der Waals surface area contributed by atoms with E-state index in [-0.39, 0.29) is 0 Å². The van der Waals surface area contributed by atoms with Crippen molar-refractivity contribution in [2.75, 3.05) is 7.11 Å². The quantitative estimate of drug-likeness (QED) is 0.882. The maximum atomic E-state index is 10.7. The van der Waals surface area contributed by atoms with Crippen molar-refractivity contribution in [2.24, 2.45) is 5.73 Å². The van der Waals surface area contributed by atoms with E-state index in [1.54, 1.807) is 12.1 Å². The van der Waals surface area contributed by atoms with Gasteiger partial charge in [0.25, 0.3) is 0 Å². The Balaban J connectivity index is 3.22. The lowest BCUT2D eigenvalue weighted by Crippen LogP contribution is -2.20. The number of hydrogen-bond donors (Lipinski definition) is 2. The summed E-state index contributed by atoms with van der Waals surface area (Å²) in [6, 6.07) is 2.30. The van der Waals surface area contributed by atoms with Crippen molar-refractivity contribution in [1.82, 2.24) is 0 Å². The third-order valence-electron chi connectivity index (χ3n) is 2.16. The fourth-order valence-electron chi connectivity index (χ4n) is 1.21. The van der Waals surface area contributed by atoms with Gasteiger partial charge in [0, 0.05) is 10.0 Å². The molecular weight excluding hydrogens is 262 g/mol. The zero-order valence-electron chi connectivity index (χ0n) is 8.45. The minimum Gasteiger partial charge on any atom is -0.496 e. The fourth-order valence-corrected chi connectivity index (χ4v) is 1.67. The Labute approximate surface area is 96.2 Å². The summed E-state index contributed by atoms with van der Waals surface area (Å²) < 4.78 is 5.90. The predicted octanol–water partition coefficient (Wildman–Crippen LogP) is 1.85. The Bertz CT molecular complexity index is 392. The summed E-state index contributed by atoms with van der Waals surface area (Å²) in [7, 11) is 1.53. The van der Waals surface area contributed by atoms with Gasteiger partial charge in [-0.05, 0) is 24.6 Å². The van der Waals surface area contributed by atoms with Crippen LogP contribution in [-0.4, -0.2) is 18.2 Å². The monoisotopic (exact) mass is 273 g/mol. The second kappa shape index (κ2) is 4.63. The SMILES string of the molecule is COc1cc(C(N)C(=O)O)cc(Br)c1C. The molecule has 0 amide bonds. The van der Waals surface area contributed by atoms with Crippen LogP contribution in [0.4, 0.5) is 0 Å². The first-order chi connectivity index (χ1) is 6.97. The zero-order valence-corrected chi connectivity index (χ0v) is 10.0. The molecule has 0 fully saturated rings. The second-order valence-corrected chi connectivity index (χ2v) is 4.00. The minimum absolute atomic E-state index is 0.511. The number of methoxy groups -OCH3 is 1. The molecule has 0 heterocycles. The molecule has 1 rings (SSSR count). The third kappa shape index (κ3) is 2.49. The first-order valence-corrected chi connectivity index (χ1v) is 5.09. The van der Waals surface area contributed by atoms with Crippen LogP contribution < -0.4 is 10.5 Å². The topological polar surface area (TPSA) is 72.5 Å². The van der Waals surface area contributed by atoms with Gasteiger partial charge in [0.1, 0.15) is 11.8 Å². The number of ether oxygens (including phenoxy) is 1. The Kier molecular flexibility index (Phi) is 3.71. The number of aliphatic carboxylic acids is 1. The van der Waals surface area contributed by atoms with Crippen LogP contribution in [-0.2, 0) is 4.79 Å². The van der Waals surface area contributed by atoms with Gasteiger partial charge in [0.2, 0.25) is 0 Å². The highest BCUT2D eigenvalue weighted by molar-refractivity contribution is 9.10. The van der Waals surface area contributed by atoms with Gasteiger partial charge in [0.15, 0.2) is 0 Å². The number of halogens is 1. The molecule has 5 heteroatoms. The van der Waals surface area contributed by atoms with E-state index < -0.39 is 12.0 Å². The molecule has 1 aromatic carbocycles. The molecule has 0 bridgehead atoms. The lowest BCUT2D eigenvalue weighted by molar-refractivity contribution is -0.138. The molecule has 0 aliphatic heterocycles. The second-order valence-electron chi connectivity index (χ2n) is 3.15. The summed E-state index contributed by atoms with van der Waals surface area (Å²) in [5, 5.41) is 8.78. The third-order valence-corrected chi connectivity index (χ3v) is 2.99. The van der Waals surface area contributed by atoms with Crippen LogP contribution in [0.3, 0.4) is 0 Å². The van der Waals surface area contributed by atoms with E-state index >= 15 is 0 Å². The molecule has 82 valence electrons. The van der Waals surface area contributed by atoms with Crippen molar-refractivity contribution in [3.05, 3.63) is 27.7 Å². The molecule has 15 heavy (non-hydrogen) atoms. The summed E-state index contributed by atoms with van der Waals surface area (Å²) in [4.78, 5) is 10.7. The first-order valence-electron chi connectivity index (χ1n) is 4.29. The summed E-state index contributed by atoms with van der Waals surface area (Å²) >= 11 is 3.33.